The Labute approximate surface area is 154 Å². The molecule has 2 aromatic rings. The summed E-state index contributed by atoms with van der Waals surface area (Å²) >= 11 is 0. The standard InChI is InChI=1S/C21H26N2O3/c1-22(2)13-14-26-20-10-6-5-9-18(20)21(25)23-12-11-19(24)17-8-4-3-7-16(17)15-23/h3-10,19,24H,11-15H2,1-2H3. The summed E-state index contributed by atoms with van der Waals surface area (Å²) in [5, 5.41) is 10.4. The minimum absolute atomic E-state index is 0.0608. The molecule has 3 rings (SSSR count). The fourth-order valence-corrected chi connectivity index (χ4v) is 3.17. The first kappa shape index (κ1) is 18.4. The number of ether oxygens (including phenoxy) is 1. The zero-order valence-electron chi connectivity index (χ0n) is 15.4. The van der Waals surface area contributed by atoms with Crippen molar-refractivity contribution < 1.29 is 14.6 Å². The molecule has 0 bridgehead atoms. The number of amides is 1. The van der Waals surface area contributed by atoms with Crippen molar-refractivity contribution in [1.82, 2.24) is 9.80 Å². The molecule has 26 heavy (non-hydrogen) atoms. The lowest BCUT2D eigenvalue weighted by atomic mass is 10.0. The first-order valence-corrected chi connectivity index (χ1v) is 8.98. The summed E-state index contributed by atoms with van der Waals surface area (Å²) in [5.74, 6) is 0.548. The Morgan fingerprint density at radius 2 is 1.92 bits per heavy atom. The van der Waals surface area contributed by atoms with E-state index in [9.17, 15) is 9.90 Å². The maximum absolute atomic E-state index is 13.1. The topological polar surface area (TPSA) is 53.0 Å². The van der Waals surface area contributed by atoms with Gasteiger partial charge in [0.15, 0.2) is 0 Å². The van der Waals surface area contributed by atoms with Crippen LogP contribution < -0.4 is 4.74 Å². The number of fused-ring (bicyclic) bond motifs is 1. The molecule has 1 aliphatic rings. The van der Waals surface area contributed by atoms with Gasteiger partial charge in [-0.1, -0.05) is 36.4 Å². The van der Waals surface area contributed by atoms with E-state index in [0.717, 1.165) is 17.7 Å². The molecule has 2 aromatic carbocycles. The third-order valence-electron chi connectivity index (χ3n) is 4.65. The van der Waals surface area contributed by atoms with Gasteiger partial charge >= 0.3 is 0 Å². The molecule has 1 amide bonds. The Morgan fingerprint density at radius 1 is 1.19 bits per heavy atom. The number of aliphatic hydroxyl groups excluding tert-OH is 1. The molecule has 1 N–H and O–H groups in total. The number of nitrogens with zero attached hydrogens (tertiary/aromatic N) is 2. The third kappa shape index (κ3) is 4.23. The zero-order valence-corrected chi connectivity index (χ0v) is 15.4. The molecule has 0 aliphatic carbocycles. The molecule has 0 aromatic heterocycles. The van der Waals surface area contributed by atoms with Crippen LogP contribution in [0.25, 0.3) is 0 Å². The number of benzene rings is 2. The molecule has 0 saturated carbocycles. The lowest BCUT2D eigenvalue weighted by Gasteiger charge is -2.22. The third-order valence-corrected chi connectivity index (χ3v) is 4.65. The molecule has 138 valence electrons. The smallest absolute Gasteiger partial charge is 0.257 e. The first-order chi connectivity index (χ1) is 12.6. The van der Waals surface area contributed by atoms with Gasteiger partial charge < -0.3 is 19.6 Å². The molecule has 1 aliphatic heterocycles. The van der Waals surface area contributed by atoms with Gasteiger partial charge in [-0.3, -0.25) is 4.79 Å². The Balaban J connectivity index is 1.79. The molecule has 1 atom stereocenters. The van der Waals surface area contributed by atoms with Crippen molar-refractivity contribution >= 4 is 5.91 Å². The highest BCUT2D eigenvalue weighted by molar-refractivity contribution is 5.97. The normalized spacial score (nSPS) is 16.9. The van der Waals surface area contributed by atoms with E-state index in [1.54, 1.807) is 11.0 Å². The van der Waals surface area contributed by atoms with Crippen LogP contribution in [0.4, 0.5) is 0 Å². The summed E-state index contributed by atoms with van der Waals surface area (Å²) in [6.45, 7) is 2.32. The number of likely N-dealkylation sites (N-methyl/N-ethyl adjacent to an activating group) is 1. The van der Waals surface area contributed by atoms with Crippen LogP contribution in [0.3, 0.4) is 0 Å². The van der Waals surface area contributed by atoms with Gasteiger partial charge in [-0.2, -0.15) is 0 Å². The molecule has 0 saturated heterocycles. The van der Waals surface area contributed by atoms with Gasteiger partial charge in [-0.25, -0.2) is 0 Å². The lowest BCUT2D eigenvalue weighted by molar-refractivity contribution is 0.0718. The van der Waals surface area contributed by atoms with E-state index in [2.05, 4.69) is 0 Å². The lowest BCUT2D eigenvalue weighted by Crippen LogP contribution is -2.31. The van der Waals surface area contributed by atoms with Crippen molar-refractivity contribution in [3.63, 3.8) is 0 Å². The second-order valence-corrected chi connectivity index (χ2v) is 6.88. The Morgan fingerprint density at radius 3 is 2.73 bits per heavy atom. The van der Waals surface area contributed by atoms with Crippen LogP contribution >= 0.6 is 0 Å². The van der Waals surface area contributed by atoms with E-state index in [1.165, 1.54) is 0 Å². The van der Waals surface area contributed by atoms with E-state index < -0.39 is 6.10 Å². The van der Waals surface area contributed by atoms with Crippen LogP contribution in [0.15, 0.2) is 48.5 Å². The Kier molecular flexibility index (Phi) is 5.91. The van der Waals surface area contributed by atoms with Crippen LogP contribution in [0.5, 0.6) is 5.75 Å². The number of hydrogen-bond donors (Lipinski definition) is 1. The number of carbonyl (C=O) groups is 1. The van der Waals surface area contributed by atoms with Gasteiger partial charge in [-0.05, 0) is 43.8 Å². The number of carbonyl (C=O) groups excluding carboxylic acids is 1. The van der Waals surface area contributed by atoms with Crippen molar-refractivity contribution in [2.45, 2.75) is 19.1 Å². The molecule has 5 nitrogen and oxygen atoms in total. The minimum atomic E-state index is -0.532. The number of aliphatic hydroxyl groups is 1. The predicted molar refractivity (Wildman–Crippen MR) is 101 cm³/mol. The largest absolute Gasteiger partial charge is 0.491 e. The van der Waals surface area contributed by atoms with Crippen molar-refractivity contribution in [2.75, 3.05) is 33.8 Å². The minimum Gasteiger partial charge on any atom is -0.491 e. The fourth-order valence-electron chi connectivity index (χ4n) is 3.17. The maximum Gasteiger partial charge on any atom is 0.257 e. The molecule has 1 heterocycles. The summed E-state index contributed by atoms with van der Waals surface area (Å²) in [6, 6.07) is 15.2. The average Bonchev–Trinajstić information content (AvgIpc) is 2.81. The van der Waals surface area contributed by atoms with Crippen LogP contribution in [0, 0.1) is 0 Å². The fraction of sp³-hybridized carbons (Fsp3) is 0.381. The highest BCUT2D eigenvalue weighted by Gasteiger charge is 2.25. The molecule has 0 spiro atoms. The monoisotopic (exact) mass is 354 g/mol. The van der Waals surface area contributed by atoms with E-state index in [1.807, 2.05) is 61.5 Å². The first-order valence-electron chi connectivity index (χ1n) is 8.98. The number of para-hydroxylation sites is 1. The van der Waals surface area contributed by atoms with Crippen molar-refractivity contribution in [1.29, 1.82) is 0 Å². The van der Waals surface area contributed by atoms with Gasteiger partial charge in [0.05, 0.1) is 11.7 Å². The summed E-state index contributed by atoms with van der Waals surface area (Å²) in [4.78, 5) is 17.0. The van der Waals surface area contributed by atoms with E-state index >= 15 is 0 Å². The van der Waals surface area contributed by atoms with E-state index in [-0.39, 0.29) is 5.91 Å². The van der Waals surface area contributed by atoms with Gasteiger partial charge in [0.1, 0.15) is 12.4 Å². The van der Waals surface area contributed by atoms with Crippen LogP contribution in [-0.2, 0) is 6.54 Å². The summed E-state index contributed by atoms with van der Waals surface area (Å²) < 4.78 is 5.84. The predicted octanol–water partition coefficient (Wildman–Crippen LogP) is 2.71. The number of hydrogen-bond acceptors (Lipinski definition) is 4. The summed E-state index contributed by atoms with van der Waals surface area (Å²) in [5.41, 5.74) is 2.48. The average molecular weight is 354 g/mol. The molecule has 5 heteroatoms. The highest BCUT2D eigenvalue weighted by atomic mass is 16.5. The summed E-state index contributed by atoms with van der Waals surface area (Å²) in [6.07, 6.45) is 0.00227. The number of rotatable bonds is 5. The Bertz CT molecular complexity index is 760. The van der Waals surface area contributed by atoms with Crippen LogP contribution in [0.1, 0.15) is 34.0 Å². The van der Waals surface area contributed by atoms with Crippen molar-refractivity contribution in [3.8, 4) is 5.75 Å². The second-order valence-electron chi connectivity index (χ2n) is 6.88. The van der Waals surface area contributed by atoms with E-state index in [0.29, 0.717) is 37.4 Å². The van der Waals surface area contributed by atoms with Gasteiger partial charge in [0.25, 0.3) is 5.91 Å². The molecule has 0 radical (unpaired) electrons. The van der Waals surface area contributed by atoms with Crippen molar-refractivity contribution in [2.24, 2.45) is 0 Å². The maximum atomic E-state index is 13.1. The molecule has 1 unspecified atom stereocenters. The quantitative estimate of drug-likeness (QED) is 0.897. The zero-order chi connectivity index (χ0) is 18.5. The van der Waals surface area contributed by atoms with Crippen LogP contribution in [0.2, 0.25) is 0 Å². The molecule has 0 fully saturated rings. The van der Waals surface area contributed by atoms with E-state index in [4.69, 9.17) is 4.74 Å². The Hall–Kier alpha value is -2.37. The SMILES string of the molecule is CN(C)CCOc1ccccc1C(=O)N1CCC(O)c2ccccc2C1. The highest BCUT2D eigenvalue weighted by Crippen LogP contribution is 2.28. The molecular weight excluding hydrogens is 328 g/mol. The molecular formula is C21H26N2O3. The van der Waals surface area contributed by atoms with Crippen LogP contribution in [-0.4, -0.2) is 54.6 Å². The van der Waals surface area contributed by atoms with Gasteiger partial charge in [-0.15, -0.1) is 0 Å². The van der Waals surface area contributed by atoms with Crippen molar-refractivity contribution in [3.05, 3.63) is 65.2 Å². The second kappa shape index (κ2) is 8.34. The van der Waals surface area contributed by atoms with Gasteiger partial charge in [0, 0.05) is 19.6 Å². The summed E-state index contributed by atoms with van der Waals surface area (Å²) in [7, 11) is 3.97. The van der Waals surface area contributed by atoms with Gasteiger partial charge in [0.2, 0.25) is 0 Å².